The molecular formula is C24H25N5O3S. The highest BCUT2D eigenvalue weighted by molar-refractivity contribution is 7.91. The van der Waals surface area contributed by atoms with Crippen molar-refractivity contribution in [1.82, 2.24) is 19.5 Å². The lowest BCUT2D eigenvalue weighted by Gasteiger charge is -2.26. The number of sulfone groups is 1. The van der Waals surface area contributed by atoms with Crippen LogP contribution in [-0.2, 0) is 16.4 Å². The molecule has 3 heterocycles. The molecule has 0 spiro atoms. The summed E-state index contributed by atoms with van der Waals surface area (Å²) in [6.45, 7) is 1.93. The number of rotatable bonds is 6. The normalized spacial score (nSPS) is 16.0. The van der Waals surface area contributed by atoms with E-state index in [0.29, 0.717) is 19.0 Å². The first kappa shape index (κ1) is 21.4. The van der Waals surface area contributed by atoms with E-state index in [0.717, 1.165) is 40.4 Å². The van der Waals surface area contributed by atoms with Crippen LogP contribution in [0.25, 0.3) is 16.9 Å². The zero-order valence-corrected chi connectivity index (χ0v) is 19.1. The number of anilines is 2. The highest BCUT2D eigenvalue weighted by Gasteiger charge is 2.21. The van der Waals surface area contributed by atoms with Gasteiger partial charge < -0.3 is 10.1 Å². The molecule has 1 fully saturated rings. The van der Waals surface area contributed by atoms with E-state index >= 15 is 0 Å². The molecular weight excluding hydrogens is 438 g/mol. The molecule has 2 aromatic carbocycles. The lowest BCUT2D eigenvalue weighted by Crippen LogP contribution is -2.39. The third-order valence-electron chi connectivity index (χ3n) is 5.80. The lowest BCUT2D eigenvalue weighted by atomic mass is 10.1. The number of pyridine rings is 1. The smallest absolute Gasteiger partial charge is 0.247 e. The van der Waals surface area contributed by atoms with E-state index in [2.05, 4.69) is 44.6 Å². The quantitative estimate of drug-likeness (QED) is 0.469. The Kier molecular flexibility index (Phi) is 5.74. The van der Waals surface area contributed by atoms with Crippen molar-refractivity contribution in [3.8, 4) is 17.0 Å². The van der Waals surface area contributed by atoms with Gasteiger partial charge in [0.2, 0.25) is 5.95 Å². The molecule has 8 nitrogen and oxygen atoms in total. The Labute approximate surface area is 192 Å². The third-order valence-corrected chi connectivity index (χ3v) is 7.41. The number of fused-ring (bicyclic) bond motifs is 1. The molecule has 5 rings (SSSR count). The van der Waals surface area contributed by atoms with Crippen molar-refractivity contribution < 1.29 is 13.2 Å². The summed E-state index contributed by atoms with van der Waals surface area (Å²) >= 11 is 0. The van der Waals surface area contributed by atoms with Gasteiger partial charge in [-0.25, -0.2) is 12.9 Å². The second-order valence-electron chi connectivity index (χ2n) is 8.09. The average Bonchev–Trinajstić information content (AvgIpc) is 3.24. The Morgan fingerprint density at radius 1 is 0.970 bits per heavy atom. The molecule has 1 saturated heterocycles. The van der Waals surface area contributed by atoms with Gasteiger partial charge in [0, 0.05) is 30.9 Å². The standard InChI is InChI=1S/C24H25N5O3S/c1-32-21-11-9-20(10-12-21)25-24-26-23-4-2-3-22(29(23)27-24)19-7-5-18(6-8-19)17-28-13-15-33(30,31)16-14-28/h2-12H,13-17H2,1H3,(H,25,27). The van der Waals surface area contributed by atoms with E-state index in [1.165, 1.54) is 0 Å². The minimum Gasteiger partial charge on any atom is -0.497 e. The van der Waals surface area contributed by atoms with E-state index in [1.807, 2.05) is 47.0 Å². The van der Waals surface area contributed by atoms with Gasteiger partial charge in [0.05, 0.1) is 24.3 Å². The average molecular weight is 464 g/mol. The Morgan fingerprint density at radius 2 is 1.70 bits per heavy atom. The van der Waals surface area contributed by atoms with Crippen LogP contribution in [0.3, 0.4) is 0 Å². The van der Waals surface area contributed by atoms with Gasteiger partial charge in [-0.3, -0.25) is 4.90 Å². The van der Waals surface area contributed by atoms with Crippen LogP contribution in [0.5, 0.6) is 5.75 Å². The molecule has 33 heavy (non-hydrogen) atoms. The van der Waals surface area contributed by atoms with Crippen LogP contribution < -0.4 is 10.1 Å². The minimum absolute atomic E-state index is 0.242. The van der Waals surface area contributed by atoms with E-state index in [1.54, 1.807) is 7.11 Å². The molecule has 0 amide bonds. The molecule has 0 bridgehead atoms. The van der Waals surface area contributed by atoms with Crippen molar-refractivity contribution in [3.05, 3.63) is 72.3 Å². The summed E-state index contributed by atoms with van der Waals surface area (Å²) < 4.78 is 30.3. The summed E-state index contributed by atoms with van der Waals surface area (Å²) in [5.74, 6) is 1.79. The summed E-state index contributed by atoms with van der Waals surface area (Å²) in [5.41, 5.74) is 4.76. The maximum absolute atomic E-state index is 11.6. The van der Waals surface area contributed by atoms with Crippen molar-refractivity contribution in [2.45, 2.75) is 6.54 Å². The molecule has 1 N–H and O–H groups in total. The molecule has 2 aromatic heterocycles. The van der Waals surface area contributed by atoms with Crippen LogP contribution in [-0.4, -0.2) is 59.6 Å². The summed E-state index contributed by atoms with van der Waals surface area (Å²) in [4.78, 5) is 6.78. The van der Waals surface area contributed by atoms with Gasteiger partial charge in [-0.05, 0) is 42.0 Å². The van der Waals surface area contributed by atoms with Crippen LogP contribution in [0.4, 0.5) is 11.6 Å². The second-order valence-corrected chi connectivity index (χ2v) is 10.4. The van der Waals surface area contributed by atoms with Gasteiger partial charge in [0.25, 0.3) is 0 Å². The Hall–Kier alpha value is -3.43. The molecule has 9 heteroatoms. The van der Waals surface area contributed by atoms with Crippen LogP contribution in [0, 0.1) is 0 Å². The van der Waals surface area contributed by atoms with Crippen LogP contribution in [0.1, 0.15) is 5.56 Å². The molecule has 4 aromatic rings. The predicted molar refractivity (Wildman–Crippen MR) is 129 cm³/mol. The van der Waals surface area contributed by atoms with Crippen LogP contribution in [0.2, 0.25) is 0 Å². The van der Waals surface area contributed by atoms with Gasteiger partial charge in [-0.2, -0.15) is 4.98 Å². The number of hydrogen-bond donors (Lipinski definition) is 1. The molecule has 170 valence electrons. The topological polar surface area (TPSA) is 88.8 Å². The summed E-state index contributed by atoms with van der Waals surface area (Å²) in [5, 5.41) is 7.89. The Bertz CT molecular complexity index is 1350. The van der Waals surface area contributed by atoms with Crippen LogP contribution in [0.15, 0.2) is 66.7 Å². The van der Waals surface area contributed by atoms with Gasteiger partial charge >= 0.3 is 0 Å². The number of methoxy groups -OCH3 is 1. The SMILES string of the molecule is COc1ccc(Nc2nc3cccc(-c4ccc(CN5CCS(=O)(=O)CC5)cc4)n3n2)cc1. The van der Waals surface area contributed by atoms with E-state index < -0.39 is 9.84 Å². The maximum atomic E-state index is 11.6. The number of nitrogens with one attached hydrogen (secondary N) is 1. The zero-order valence-electron chi connectivity index (χ0n) is 18.3. The summed E-state index contributed by atoms with van der Waals surface area (Å²) in [6.07, 6.45) is 0. The van der Waals surface area contributed by atoms with E-state index in [-0.39, 0.29) is 11.5 Å². The largest absolute Gasteiger partial charge is 0.497 e. The summed E-state index contributed by atoms with van der Waals surface area (Å²) in [6, 6.07) is 21.8. The third kappa shape index (κ3) is 4.84. The number of benzene rings is 2. The van der Waals surface area contributed by atoms with Gasteiger partial charge in [0.1, 0.15) is 5.75 Å². The van der Waals surface area contributed by atoms with Crippen LogP contribution >= 0.6 is 0 Å². The first-order valence-corrected chi connectivity index (χ1v) is 12.6. The highest BCUT2D eigenvalue weighted by Crippen LogP contribution is 2.24. The fourth-order valence-corrected chi connectivity index (χ4v) is 5.20. The first-order valence-electron chi connectivity index (χ1n) is 10.8. The van der Waals surface area contributed by atoms with Crippen molar-refractivity contribution in [2.24, 2.45) is 0 Å². The molecule has 0 atom stereocenters. The number of aromatic nitrogens is 3. The van der Waals surface area contributed by atoms with E-state index in [4.69, 9.17) is 4.74 Å². The van der Waals surface area contributed by atoms with Gasteiger partial charge in [-0.15, -0.1) is 5.10 Å². The maximum Gasteiger partial charge on any atom is 0.247 e. The lowest BCUT2D eigenvalue weighted by molar-refractivity contribution is 0.287. The highest BCUT2D eigenvalue weighted by atomic mass is 32.2. The monoisotopic (exact) mass is 463 g/mol. The predicted octanol–water partition coefficient (Wildman–Crippen LogP) is 3.38. The number of hydrogen-bond acceptors (Lipinski definition) is 7. The molecule has 0 aliphatic carbocycles. The molecule has 0 radical (unpaired) electrons. The fraction of sp³-hybridized carbons (Fsp3) is 0.250. The van der Waals surface area contributed by atoms with Gasteiger partial charge in [-0.1, -0.05) is 30.3 Å². The zero-order chi connectivity index (χ0) is 22.8. The molecule has 0 saturated carbocycles. The van der Waals surface area contributed by atoms with Crippen molar-refractivity contribution in [2.75, 3.05) is 37.0 Å². The number of ether oxygens (including phenoxy) is 1. The Balaban J connectivity index is 1.33. The Morgan fingerprint density at radius 3 is 2.39 bits per heavy atom. The molecule has 1 aliphatic heterocycles. The number of nitrogens with zero attached hydrogens (tertiary/aromatic N) is 4. The summed E-state index contributed by atoms with van der Waals surface area (Å²) in [7, 11) is -1.22. The van der Waals surface area contributed by atoms with Crippen molar-refractivity contribution >= 4 is 27.1 Å². The van der Waals surface area contributed by atoms with Crippen molar-refractivity contribution in [3.63, 3.8) is 0 Å². The first-order chi connectivity index (χ1) is 16.0. The fourth-order valence-electron chi connectivity index (χ4n) is 3.93. The van der Waals surface area contributed by atoms with Gasteiger partial charge in [0.15, 0.2) is 15.5 Å². The van der Waals surface area contributed by atoms with Crippen molar-refractivity contribution in [1.29, 1.82) is 0 Å². The van der Waals surface area contributed by atoms with E-state index in [9.17, 15) is 8.42 Å². The second kappa shape index (κ2) is 8.84. The minimum atomic E-state index is -2.86. The molecule has 0 unspecified atom stereocenters. The molecule has 1 aliphatic rings.